The van der Waals surface area contributed by atoms with E-state index in [4.69, 9.17) is 28.1 Å². The van der Waals surface area contributed by atoms with Gasteiger partial charge in [0.15, 0.2) is 15.1 Å². The van der Waals surface area contributed by atoms with E-state index in [1.165, 1.54) is 36.9 Å². The summed E-state index contributed by atoms with van der Waals surface area (Å²) in [7, 11) is -0.779. The molecular weight excluding hydrogens is 1010 g/mol. The predicted molar refractivity (Wildman–Crippen MR) is 280 cm³/mol. The summed E-state index contributed by atoms with van der Waals surface area (Å²) in [5, 5.41) is 10.5. The summed E-state index contributed by atoms with van der Waals surface area (Å²) in [4.78, 5) is 100.0. The number of carboxylic acid groups (broad SMARTS) is 1. The van der Waals surface area contributed by atoms with Crippen LogP contribution in [0.3, 0.4) is 0 Å². The van der Waals surface area contributed by atoms with E-state index in [1.54, 1.807) is 0 Å². The van der Waals surface area contributed by atoms with Crippen LogP contribution in [0.4, 0.5) is 0 Å². The van der Waals surface area contributed by atoms with E-state index in [9.17, 15) is 29.1 Å². The number of methoxy groups -OCH3 is 2. The maximum absolute atomic E-state index is 15.0. The Morgan fingerprint density at radius 3 is 1.88 bits per heavy atom. The van der Waals surface area contributed by atoms with Crippen molar-refractivity contribution in [3.63, 3.8) is 0 Å². The molecular formula is C56H85O14Si4. The van der Waals surface area contributed by atoms with E-state index in [0.717, 1.165) is 19.3 Å². The van der Waals surface area contributed by atoms with Crippen LogP contribution in [0.2, 0.25) is 48.9 Å². The smallest absolute Gasteiger partial charge is 0.317 e. The number of ether oxygens (including phenoxy) is 5. The Kier molecular flexibility index (Phi) is 15.2. The molecule has 10 fully saturated rings. The van der Waals surface area contributed by atoms with Crippen molar-refractivity contribution in [2.75, 3.05) is 21.0 Å². The highest BCUT2D eigenvalue weighted by atomic mass is 28.4. The highest BCUT2D eigenvalue weighted by molar-refractivity contribution is 6.98. The van der Waals surface area contributed by atoms with Gasteiger partial charge >= 0.3 is 41.8 Å². The fraction of sp³-hybridized carbons (Fsp3) is 0.875. The molecule has 74 heavy (non-hydrogen) atoms. The molecule has 0 aromatic carbocycles. The van der Waals surface area contributed by atoms with E-state index in [-0.39, 0.29) is 111 Å². The molecule has 23 atom stereocenters. The van der Waals surface area contributed by atoms with Crippen molar-refractivity contribution in [1.29, 1.82) is 0 Å². The van der Waals surface area contributed by atoms with Crippen molar-refractivity contribution in [2.45, 2.75) is 147 Å². The van der Waals surface area contributed by atoms with Crippen molar-refractivity contribution in [3.05, 3.63) is 0 Å². The average molecular weight is 1090 g/mol. The van der Waals surface area contributed by atoms with Gasteiger partial charge in [0.2, 0.25) is 0 Å². The maximum atomic E-state index is 15.0. The van der Waals surface area contributed by atoms with Crippen LogP contribution in [0, 0.1) is 136 Å². The van der Waals surface area contributed by atoms with Gasteiger partial charge in [-0.2, -0.15) is 0 Å². The van der Waals surface area contributed by atoms with Gasteiger partial charge < -0.3 is 33.2 Å². The summed E-state index contributed by atoms with van der Waals surface area (Å²) in [5.74, 6) is -9.83. The molecule has 18 heteroatoms. The lowest BCUT2D eigenvalue weighted by Crippen LogP contribution is -2.52. The van der Waals surface area contributed by atoms with E-state index in [0.29, 0.717) is 50.4 Å². The predicted octanol–water partition coefficient (Wildman–Crippen LogP) is 8.31. The third kappa shape index (κ3) is 9.12. The third-order valence-corrected chi connectivity index (χ3v) is 44.0. The first-order valence-corrected chi connectivity index (χ1v) is 38.7. The molecule has 23 unspecified atom stereocenters. The minimum Gasteiger partial charge on any atom is -0.481 e. The second-order valence-electron chi connectivity index (χ2n) is 27.2. The van der Waals surface area contributed by atoms with Crippen molar-refractivity contribution < 1.29 is 66.8 Å². The zero-order valence-corrected chi connectivity index (χ0v) is 49.9. The van der Waals surface area contributed by atoms with Gasteiger partial charge in [-0.15, -0.1) is 0 Å². The summed E-state index contributed by atoms with van der Waals surface area (Å²) >= 11 is 0. The van der Waals surface area contributed by atoms with Gasteiger partial charge in [-0.25, -0.2) is 0 Å². The number of fused-ring (bicyclic) bond motifs is 8. The lowest BCUT2D eigenvalue weighted by atomic mass is 9.53. The number of carboxylic acids is 1. The highest BCUT2D eigenvalue weighted by Crippen LogP contribution is 2.72. The standard InChI is InChI=1S/C56H85O14Si4/c1-26(2)69-55(64)56(5,48-27(3)29-12-13-30(48)14-29)20-39-34-15-31(17-36(34)51(60)67-21-68-74(11)24-72(9)22-71(8)23-73(10)25-74)41(39)46-47(54(63)70-53(46)62)43-35-16-32(18-37(35)50(59)65-6)42(43)40-28(4)33-19-38(40)45(52(61)66-7)44(33)49(57)58/h26-48H,12-25H2,1-11H3,(H,57,58). The molecule has 409 valence electrons. The summed E-state index contributed by atoms with van der Waals surface area (Å²) in [6.45, 7) is 19.9. The molecule has 8 aliphatic carbocycles. The quantitative estimate of drug-likeness (QED) is 0.0541. The van der Waals surface area contributed by atoms with Crippen LogP contribution in [0.1, 0.15) is 92.4 Å². The van der Waals surface area contributed by atoms with Crippen LogP contribution in [-0.2, 0) is 61.7 Å². The fourth-order valence-corrected chi connectivity index (χ4v) is 47.1. The van der Waals surface area contributed by atoms with E-state index in [2.05, 4.69) is 47.0 Å². The minimum atomic E-state index is -2.11. The molecule has 2 heterocycles. The zero-order chi connectivity index (χ0) is 53.2. The maximum Gasteiger partial charge on any atom is 0.317 e. The Balaban J connectivity index is 1.01. The first-order valence-electron chi connectivity index (χ1n) is 28.6. The van der Waals surface area contributed by atoms with Gasteiger partial charge in [-0.1, -0.05) is 44.8 Å². The average Bonchev–Trinajstić information content (AvgIpc) is 4.20. The Bertz CT molecular complexity index is 2230. The van der Waals surface area contributed by atoms with Crippen LogP contribution in [0.15, 0.2) is 0 Å². The molecule has 8 bridgehead atoms. The second kappa shape index (κ2) is 20.5. The van der Waals surface area contributed by atoms with Crippen molar-refractivity contribution in [2.24, 2.45) is 136 Å². The molecule has 14 nitrogen and oxygen atoms in total. The number of cyclic esters (lactones) is 2. The fourth-order valence-electron chi connectivity index (χ4n) is 21.0. The first kappa shape index (κ1) is 54.7. The molecule has 0 spiro atoms. The molecule has 3 radical (unpaired) electrons. The number of rotatable bonds is 15. The largest absolute Gasteiger partial charge is 0.481 e. The normalized spacial score (nSPS) is 45.1. The van der Waals surface area contributed by atoms with Crippen LogP contribution in [0.5, 0.6) is 0 Å². The number of hydrogen-bond acceptors (Lipinski definition) is 13. The molecule has 2 saturated heterocycles. The van der Waals surface area contributed by atoms with Gasteiger partial charge in [0.05, 0.1) is 61.2 Å². The minimum absolute atomic E-state index is 0.0234. The Labute approximate surface area is 445 Å². The lowest BCUT2D eigenvalue weighted by Gasteiger charge is -2.49. The van der Waals surface area contributed by atoms with Crippen molar-refractivity contribution >= 4 is 76.5 Å². The van der Waals surface area contributed by atoms with Crippen LogP contribution in [-0.4, -0.2) is 109 Å². The van der Waals surface area contributed by atoms with Crippen molar-refractivity contribution in [3.8, 4) is 0 Å². The van der Waals surface area contributed by atoms with E-state index in [1.807, 2.05) is 13.8 Å². The summed E-state index contributed by atoms with van der Waals surface area (Å²) in [6.07, 6.45) is 6.18. The summed E-state index contributed by atoms with van der Waals surface area (Å²) < 4.78 is 35.9. The van der Waals surface area contributed by atoms with E-state index < -0.39 is 103 Å². The Morgan fingerprint density at radius 2 is 1.28 bits per heavy atom. The molecule has 1 N–H and O–H groups in total. The zero-order valence-electron chi connectivity index (χ0n) is 45.9. The Hall–Kier alpha value is -2.68. The molecule has 0 amide bonds. The Morgan fingerprint density at radius 1 is 0.689 bits per heavy atom. The molecule has 10 rings (SSSR count). The molecule has 2 aliphatic heterocycles. The van der Waals surface area contributed by atoms with Gasteiger partial charge in [0.25, 0.3) is 0 Å². The molecule has 0 aromatic heterocycles. The number of aliphatic carboxylic acids is 1. The molecule has 0 aromatic rings. The van der Waals surface area contributed by atoms with Gasteiger partial charge in [-0.05, 0) is 191 Å². The lowest BCUT2D eigenvalue weighted by molar-refractivity contribution is -0.170. The highest BCUT2D eigenvalue weighted by Gasteiger charge is 2.73. The van der Waals surface area contributed by atoms with Gasteiger partial charge in [0, 0.05) is 26.4 Å². The first-order chi connectivity index (χ1) is 35.0. The molecule has 10 aliphatic rings. The second-order valence-corrected chi connectivity index (χ2v) is 41.8. The SMILES string of the molecule is COC(=O)C1CC2CC1C(C1C(=O)OC(=O)C1C1C3CC(C(=O)OCO[Si]4(C)C[Si](C)C[Si](C)C[Si](C)C4)C(C3)C1CC(C)(C(=O)OC(C)C)C1C3CCC(C3)C1C)C2C1C(C)C2CC1C(C(=O)OC)C2C(=O)O. The topological polar surface area (TPSA) is 195 Å². The van der Waals surface area contributed by atoms with Gasteiger partial charge in [-0.3, -0.25) is 33.6 Å². The number of carbonyl (C=O) groups is 7. The number of esters is 6. The number of carbonyl (C=O) groups excluding carboxylic acids is 6. The summed E-state index contributed by atoms with van der Waals surface area (Å²) in [5.41, 5.74) is 4.17. The monoisotopic (exact) mass is 1090 g/mol. The third-order valence-electron chi connectivity index (χ3n) is 22.7. The van der Waals surface area contributed by atoms with Gasteiger partial charge in [0.1, 0.15) is 0 Å². The van der Waals surface area contributed by atoms with Crippen LogP contribution >= 0.6 is 0 Å². The van der Waals surface area contributed by atoms with Crippen molar-refractivity contribution in [1.82, 2.24) is 0 Å². The van der Waals surface area contributed by atoms with Crippen LogP contribution < -0.4 is 0 Å². The summed E-state index contributed by atoms with van der Waals surface area (Å²) in [6, 6.07) is 0. The number of hydrogen-bond donors (Lipinski definition) is 1. The van der Waals surface area contributed by atoms with Crippen LogP contribution in [0.25, 0.3) is 0 Å². The molecule has 8 saturated carbocycles. The van der Waals surface area contributed by atoms with E-state index >= 15 is 9.59 Å².